The number of benzene rings is 2. The first kappa shape index (κ1) is 14.3. The molecule has 0 heterocycles. The highest BCUT2D eigenvalue weighted by molar-refractivity contribution is 5.76. The molecule has 104 valence electrons. The molecule has 0 spiro atoms. The van der Waals surface area contributed by atoms with Gasteiger partial charge >= 0.3 is 0 Å². The van der Waals surface area contributed by atoms with E-state index in [0.29, 0.717) is 12.2 Å². The highest BCUT2D eigenvalue weighted by Crippen LogP contribution is 2.30. The van der Waals surface area contributed by atoms with Crippen molar-refractivity contribution >= 4 is 5.78 Å². The fraction of sp³-hybridized carbons (Fsp3) is 0.235. The molecule has 2 aromatic carbocycles. The van der Waals surface area contributed by atoms with Gasteiger partial charge < -0.3 is 9.53 Å². The molecule has 0 N–H and O–H groups in total. The lowest BCUT2D eigenvalue weighted by Crippen LogP contribution is -1.94. The van der Waals surface area contributed by atoms with E-state index >= 15 is 0 Å². The summed E-state index contributed by atoms with van der Waals surface area (Å²) in [6.07, 6.45) is 1.28. The lowest BCUT2D eigenvalue weighted by atomic mass is 10.0. The molecule has 0 amide bonds. The van der Waals surface area contributed by atoms with Crippen molar-refractivity contribution in [3.05, 3.63) is 53.8 Å². The second-order valence-corrected chi connectivity index (χ2v) is 4.74. The number of carbonyl (C=O) groups is 1. The molecule has 0 bridgehead atoms. The minimum absolute atomic E-state index is 0.181. The van der Waals surface area contributed by atoms with Crippen LogP contribution in [-0.2, 0) is 11.2 Å². The van der Waals surface area contributed by atoms with Crippen LogP contribution in [0.5, 0.6) is 5.75 Å². The number of aryl methyl sites for hydroxylation is 1. The lowest BCUT2D eigenvalue weighted by Gasteiger charge is -2.09. The molecule has 0 aromatic heterocycles. The quantitative estimate of drug-likeness (QED) is 0.821. The number of ketones is 1. The molecule has 20 heavy (non-hydrogen) atoms. The maximum atomic E-state index is 13.4. The normalized spacial score (nSPS) is 10.3. The summed E-state index contributed by atoms with van der Waals surface area (Å²) in [5.74, 6) is 0.533. The summed E-state index contributed by atoms with van der Waals surface area (Å²) in [5.41, 5.74) is 2.72. The van der Waals surface area contributed by atoms with Crippen molar-refractivity contribution in [2.45, 2.75) is 19.8 Å². The predicted octanol–water partition coefficient (Wildman–Crippen LogP) is 4.02. The Morgan fingerprint density at radius 2 is 1.85 bits per heavy atom. The fourth-order valence-electron chi connectivity index (χ4n) is 2.08. The van der Waals surface area contributed by atoms with Crippen LogP contribution in [0.25, 0.3) is 11.1 Å². The Bertz CT molecular complexity index is 603. The standard InChI is InChI=1S/C17H17FO2/c1-12(19)3-4-13-5-7-14(8-6-13)16-11-15(18)9-10-17(16)20-2/h5-11H,3-4H2,1-2H3. The Morgan fingerprint density at radius 3 is 2.45 bits per heavy atom. The van der Waals surface area contributed by atoms with Gasteiger partial charge in [-0.25, -0.2) is 4.39 Å². The molecule has 2 nitrogen and oxygen atoms in total. The van der Waals surface area contributed by atoms with Crippen molar-refractivity contribution in [1.29, 1.82) is 0 Å². The van der Waals surface area contributed by atoms with Gasteiger partial charge in [-0.2, -0.15) is 0 Å². The van der Waals surface area contributed by atoms with E-state index in [2.05, 4.69) is 0 Å². The SMILES string of the molecule is COc1ccc(F)cc1-c1ccc(CCC(C)=O)cc1. The third-order valence-corrected chi connectivity index (χ3v) is 3.19. The summed E-state index contributed by atoms with van der Waals surface area (Å²) in [6, 6.07) is 12.2. The maximum Gasteiger partial charge on any atom is 0.130 e. The van der Waals surface area contributed by atoms with Crippen molar-refractivity contribution in [3.63, 3.8) is 0 Å². The third-order valence-electron chi connectivity index (χ3n) is 3.19. The second-order valence-electron chi connectivity index (χ2n) is 4.74. The highest BCUT2D eigenvalue weighted by atomic mass is 19.1. The number of rotatable bonds is 5. The van der Waals surface area contributed by atoms with E-state index in [-0.39, 0.29) is 11.6 Å². The average molecular weight is 272 g/mol. The van der Waals surface area contributed by atoms with Gasteiger partial charge in [0.1, 0.15) is 17.3 Å². The minimum atomic E-state index is -0.290. The van der Waals surface area contributed by atoms with E-state index < -0.39 is 0 Å². The number of hydrogen-bond acceptors (Lipinski definition) is 2. The van der Waals surface area contributed by atoms with Crippen LogP contribution in [0.3, 0.4) is 0 Å². The summed E-state index contributed by atoms with van der Waals surface area (Å²) in [7, 11) is 1.57. The van der Waals surface area contributed by atoms with Crippen molar-refractivity contribution in [2.24, 2.45) is 0 Å². The Balaban J connectivity index is 2.25. The highest BCUT2D eigenvalue weighted by Gasteiger charge is 2.07. The zero-order valence-corrected chi connectivity index (χ0v) is 11.7. The Labute approximate surface area is 118 Å². The first-order chi connectivity index (χ1) is 9.60. The van der Waals surface area contributed by atoms with Crippen molar-refractivity contribution in [1.82, 2.24) is 0 Å². The number of Topliss-reactive ketones (excluding diaryl/α,β-unsaturated/α-hetero) is 1. The van der Waals surface area contributed by atoms with Gasteiger partial charge in [0.2, 0.25) is 0 Å². The molecule has 0 atom stereocenters. The number of hydrogen-bond donors (Lipinski definition) is 0. The average Bonchev–Trinajstić information content (AvgIpc) is 2.45. The summed E-state index contributed by atoms with van der Waals surface area (Å²) in [6.45, 7) is 1.59. The second kappa shape index (κ2) is 6.33. The lowest BCUT2D eigenvalue weighted by molar-refractivity contribution is -0.116. The van der Waals surface area contributed by atoms with E-state index in [1.165, 1.54) is 12.1 Å². The van der Waals surface area contributed by atoms with Crippen molar-refractivity contribution in [3.8, 4) is 16.9 Å². The van der Waals surface area contributed by atoms with Gasteiger partial charge in [0, 0.05) is 12.0 Å². The van der Waals surface area contributed by atoms with Crippen LogP contribution < -0.4 is 4.74 Å². The van der Waals surface area contributed by atoms with Crippen LogP contribution in [0, 0.1) is 5.82 Å². The molecule has 2 rings (SSSR count). The predicted molar refractivity (Wildman–Crippen MR) is 77.4 cm³/mol. The molecule has 0 saturated carbocycles. The topological polar surface area (TPSA) is 26.3 Å². The van der Waals surface area contributed by atoms with E-state index in [0.717, 1.165) is 23.1 Å². The van der Waals surface area contributed by atoms with Gasteiger partial charge in [-0.1, -0.05) is 24.3 Å². The van der Waals surface area contributed by atoms with Gasteiger partial charge in [0.05, 0.1) is 7.11 Å². The summed E-state index contributed by atoms with van der Waals surface area (Å²) >= 11 is 0. The molecule has 0 aliphatic rings. The van der Waals surface area contributed by atoms with Crippen molar-refractivity contribution in [2.75, 3.05) is 7.11 Å². The number of ether oxygens (including phenoxy) is 1. The molecule has 0 saturated heterocycles. The van der Waals surface area contributed by atoms with Gasteiger partial charge in [-0.05, 0) is 42.7 Å². The fourth-order valence-corrected chi connectivity index (χ4v) is 2.08. The number of carbonyl (C=O) groups excluding carboxylic acids is 1. The molecular weight excluding hydrogens is 255 g/mol. The number of methoxy groups -OCH3 is 1. The van der Waals surface area contributed by atoms with Gasteiger partial charge in [-0.3, -0.25) is 0 Å². The molecule has 0 radical (unpaired) electrons. The zero-order chi connectivity index (χ0) is 14.5. The third kappa shape index (κ3) is 3.44. The minimum Gasteiger partial charge on any atom is -0.496 e. The zero-order valence-electron chi connectivity index (χ0n) is 11.7. The van der Waals surface area contributed by atoms with E-state index in [1.807, 2.05) is 24.3 Å². The molecule has 2 aromatic rings. The summed E-state index contributed by atoms with van der Waals surface area (Å²) in [4.78, 5) is 11.0. The van der Waals surface area contributed by atoms with E-state index in [4.69, 9.17) is 4.74 Å². The van der Waals surface area contributed by atoms with Crippen LogP contribution in [0.15, 0.2) is 42.5 Å². The number of halogens is 1. The summed E-state index contributed by atoms with van der Waals surface area (Å²) in [5, 5.41) is 0. The largest absolute Gasteiger partial charge is 0.496 e. The van der Waals surface area contributed by atoms with E-state index in [1.54, 1.807) is 20.1 Å². The van der Waals surface area contributed by atoms with Gasteiger partial charge in [0.25, 0.3) is 0 Å². The molecule has 0 unspecified atom stereocenters. The summed E-state index contributed by atoms with van der Waals surface area (Å²) < 4.78 is 18.6. The Morgan fingerprint density at radius 1 is 1.15 bits per heavy atom. The first-order valence-corrected chi connectivity index (χ1v) is 6.52. The first-order valence-electron chi connectivity index (χ1n) is 6.52. The molecule has 3 heteroatoms. The van der Waals surface area contributed by atoms with Crippen LogP contribution in [0.4, 0.5) is 4.39 Å². The Hall–Kier alpha value is -2.16. The molecule has 0 aliphatic heterocycles. The maximum absolute atomic E-state index is 13.4. The Kier molecular flexibility index (Phi) is 4.51. The van der Waals surface area contributed by atoms with E-state index in [9.17, 15) is 9.18 Å². The van der Waals surface area contributed by atoms with Gasteiger partial charge in [-0.15, -0.1) is 0 Å². The van der Waals surface area contributed by atoms with Crippen LogP contribution >= 0.6 is 0 Å². The smallest absolute Gasteiger partial charge is 0.130 e. The monoisotopic (exact) mass is 272 g/mol. The van der Waals surface area contributed by atoms with Crippen LogP contribution in [0.2, 0.25) is 0 Å². The molecule has 0 fully saturated rings. The van der Waals surface area contributed by atoms with Crippen molar-refractivity contribution < 1.29 is 13.9 Å². The molecular formula is C17H17FO2. The van der Waals surface area contributed by atoms with Crippen LogP contribution in [-0.4, -0.2) is 12.9 Å². The van der Waals surface area contributed by atoms with Crippen LogP contribution in [0.1, 0.15) is 18.9 Å². The molecule has 0 aliphatic carbocycles. The van der Waals surface area contributed by atoms with Gasteiger partial charge in [0.15, 0.2) is 0 Å².